The second-order valence-electron chi connectivity index (χ2n) is 8.37. The maximum atomic E-state index is 12.3. The van der Waals surface area contributed by atoms with Crippen LogP contribution in [0.4, 0.5) is 0 Å². The Morgan fingerprint density at radius 2 is 1.33 bits per heavy atom. The summed E-state index contributed by atoms with van der Waals surface area (Å²) in [6.07, 6.45) is 1.91. The van der Waals surface area contributed by atoms with Crippen molar-refractivity contribution in [2.24, 2.45) is 5.16 Å². The Hall–Kier alpha value is -4.16. The number of aromatic nitrogens is 1. The Kier molecular flexibility index (Phi) is 6.69. The van der Waals surface area contributed by atoms with Crippen molar-refractivity contribution in [3.63, 3.8) is 0 Å². The summed E-state index contributed by atoms with van der Waals surface area (Å²) in [7, 11) is 0. The van der Waals surface area contributed by atoms with Crippen LogP contribution in [0.15, 0.2) is 125 Å². The van der Waals surface area contributed by atoms with E-state index in [0.29, 0.717) is 0 Å². The van der Waals surface area contributed by atoms with Crippen molar-refractivity contribution >= 4 is 38.5 Å². The number of aromatic amines is 1. The van der Waals surface area contributed by atoms with Crippen molar-refractivity contribution in [2.45, 2.75) is 12.0 Å². The van der Waals surface area contributed by atoms with E-state index < -0.39 is 11.6 Å². The summed E-state index contributed by atoms with van der Waals surface area (Å²) in [5, 5.41) is 15.3. The lowest BCUT2D eigenvalue weighted by molar-refractivity contribution is -0.129. The molecule has 0 aliphatic heterocycles. The van der Waals surface area contributed by atoms with Gasteiger partial charge in [-0.3, -0.25) is 0 Å². The molecule has 0 bridgehead atoms. The third-order valence-corrected chi connectivity index (χ3v) is 6.85. The van der Waals surface area contributed by atoms with E-state index in [4.69, 9.17) is 4.84 Å². The number of nitrogens with one attached hydrogen (secondary N) is 1. The minimum Gasteiger partial charge on any atom is -0.477 e. The molecule has 2 N–H and O–H groups in total. The smallest absolute Gasteiger partial charge is 0.354 e. The molecule has 0 spiro atoms. The first-order valence-corrected chi connectivity index (χ1v) is 12.3. The maximum absolute atomic E-state index is 12.3. The first-order valence-electron chi connectivity index (χ1n) is 11.5. The number of carbonyl (C=O) groups is 1. The van der Waals surface area contributed by atoms with Crippen molar-refractivity contribution < 1.29 is 14.7 Å². The molecule has 6 heteroatoms. The van der Waals surface area contributed by atoms with Crippen LogP contribution in [0.5, 0.6) is 0 Å². The van der Waals surface area contributed by atoms with Crippen molar-refractivity contribution in [3.05, 3.63) is 142 Å². The van der Waals surface area contributed by atoms with Gasteiger partial charge in [0, 0.05) is 39.2 Å². The molecule has 4 aromatic carbocycles. The number of H-pyrrole nitrogens is 1. The number of hydrogen-bond donors (Lipinski definition) is 2. The predicted molar refractivity (Wildman–Crippen MR) is 145 cm³/mol. The van der Waals surface area contributed by atoms with Crippen molar-refractivity contribution in [1.82, 2.24) is 4.98 Å². The Morgan fingerprint density at radius 1 is 0.806 bits per heavy atom. The van der Waals surface area contributed by atoms with Crippen LogP contribution in [-0.4, -0.2) is 21.8 Å². The van der Waals surface area contributed by atoms with Crippen LogP contribution in [0.2, 0.25) is 0 Å². The third-order valence-electron chi connectivity index (χ3n) is 6.19. The van der Waals surface area contributed by atoms with Gasteiger partial charge in [-0.2, -0.15) is 0 Å². The van der Waals surface area contributed by atoms with Gasteiger partial charge in [0.2, 0.25) is 5.60 Å². The number of fused-ring (bicyclic) bond motifs is 1. The number of carboxylic acid groups (broad SMARTS) is 1. The maximum Gasteiger partial charge on any atom is 0.354 e. The summed E-state index contributed by atoms with van der Waals surface area (Å²) < 4.78 is 0.910. The molecule has 36 heavy (non-hydrogen) atoms. The van der Waals surface area contributed by atoms with Crippen LogP contribution >= 0.6 is 15.9 Å². The Bertz CT molecular complexity index is 1420. The number of nitrogens with zero attached hydrogens (tertiary/aromatic N) is 1. The average Bonchev–Trinajstić information content (AvgIpc) is 3.34. The lowest BCUT2D eigenvalue weighted by Gasteiger charge is -2.33. The van der Waals surface area contributed by atoms with Gasteiger partial charge < -0.3 is 14.9 Å². The Morgan fingerprint density at radius 3 is 1.83 bits per heavy atom. The van der Waals surface area contributed by atoms with Gasteiger partial charge in [0.05, 0.1) is 5.52 Å². The average molecular weight is 539 g/mol. The molecule has 0 aliphatic carbocycles. The molecule has 5 nitrogen and oxygen atoms in total. The number of hydrogen-bond acceptors (Lipinski definition) is 3. The highest BCUT2D eigenvalue weighted by molar-refractivity contribution is 9.10. The van der Waals surface area contributed by atoms with Crippen LogP contribution in [0.1, 0.15) is 22.3 Å². The molecule has 1 aromatic heterocycles. The number of benzene rings is 4. The van der Waals surface area contributed by atoms with Gasteiger partial charge >= 0.3 is 5.97 Å². The van der Waals surface area contributed by atoms with Gasteiger partial charge in [-0.05, 0) is 27.6 Å². The highest BCUT2D eigenvalue weighted by Gasteiger charge is 2.40. The Labute approximate surface area is 217 Å². The normalized spacial score (nSPS) is 12.0. The minimum absolute atomic E-state index is 0.0944. The number of para-hydroxylation sites is 1. The first-order chi connectivity index (χ1) is 17.6. The van der Waals surface area contributed by atoms with E-state index in [1.54, 1.807) is 0 Å². The fourth-order valence-corrected chi connectivity index (χ4v) is 4.93. The van der Waals surface area contributed by atoms with Crippen molar-refractivity contribution in [1.29, 1.82) is 0 Å². The topological polar surface area (TPSA) is 74.7 Å². The van der Waals surface area contributed by atoms with Gasteiger partial charge in [0.25, 0.3) is 0 Å². The van der Waals surface area contributed by atoms with E-state index in [-0.39, 0.29) is 12.1 Å². The molecule has 0 amide bonds. The molecule has 1 heterocycles. The van der Waals surface area contributed by atoms with E-state index >= 15 is 0 Å². The fourth-order valence-electron chi connectivity index (χ4n) is 4.45. The summed E-state index contributed by atoms with van der Waals surface area (Å²) in [4.78, 5) is 21.9. The number of halogens is 1. The molecule has 0 unspecified atom stereocenters. The third kappa shape index (κ3) is 4.43. The van der Waals surface area contributed by atoms with Gasteiger partial charge in [-0.1, -0.05) is 108 Å². The summed E-state index contributed by atoms with van der Waals surface area (Å²) in [6.45, 7) is 0. The van der Waals surface area contributed by atoms with Crippen LogP contribution in [0, 0.1) is 0 Å². The summed E-state index contributed by atoms with van der Waals surface area (Å²) in [5.41, 5.74) is 3.01. The molecular formula is C30H23BrN2O3. The summed E-state index contributed by atoms with van der Waals surface area (Å²) >= 11 is 3.54. The minimum atomic E-state index is -1.15. The van der Waals surface area contributed by atoms with Crippen molar-refractivity contribution in [2.75, 3.05) is 0 Å². The van der Waals surface area contributed by atoms with Gasteiger partial charge in [-0.15, -0.1) is 0 Å². The molecule has 5 rings (SSSR count). The Balaban J connectivity index is 1.64. The molecule has 5 aromatic rings. The zero-order valence-electron chi connectivity index (χ0n) is 19.3. The zero-order valence-corrected chi connectivity index (χ0v) is 20.9. The molecule has 0 saturated carbocycles. The monoisotopic (exact) mass is 538 g/mol. The molecule has 0 fully saturated rings. The predicted octanol–water partition coefficient (Wildman–Crippen LogP) is 6.92. The molecule has 0 radical (unpaired) electrons. The zero-order chi connectivity index (χ0) is 25.0. The van der Waals surface area contributed by atoms with Gasteiger partial charge in [0.15, 0.2) is 5.71 Å². The largest absolute Gasteiger partial charge is 0.477 e. The van der Waals surface area contributed by atoms with Crippen molar-refractivity contribution in [3.8, 4) is 0 Å². The lowest BCUT2D eigenvalue weighted by atomic mass is 9.80. The second kappa shape index (κ2) is 10.2. The SMILES string of the molecule is O=C(O)/C(Cc1c[nH]c2c(Br)cccc12)=N/OC(c1ccccc1)(c1ccccc1)c1ccccc1. The molecule has 0 saturated heterocycles. The van der Waals surface area contributed by atoms with Gasteiger partial charge in [-0.25, -0.2) is 4.79 Å². The van der Waals surface area contributed by atoms with E-state index in [2.05, 4.69) is 26.1 Å². The molecule has 178 valence electrons. The molecule has 0 atom stereocenters. The summed E-state index contributed by atoms with van der Waals surface area (Å²) in [6, 6.07) is 35.0. The lowest BCUT2D eigenvalue weighted by Crippen LogP contribution is -2.32. The summed E-state index contributed by atoms with van der Waals surface area (Å²) in [5.74, 6) is -1.14. The second-order valence-corrected chi connectivity index (χ2v) is 9.22. The van der Waals surface area contributed by atoms with E-state index in [9.17, 15) is 9.90 Å². The number of carboxylic acids is 1. The molecular weight excluding hydrogens is 516 g/mol. The highest BCUT2D eigenvalue weighted by atomic mass is 79.9. The highest BCUT2D eigenvalue weighted by Crippen LogP contribution is 2.40. The molecule has 0 aliphatic rings. The fraction of sp³-hybridized carbons (Fsp3) is 0.0667. The quantitative estimate of drug-likeness (QED) is 0.128. The number of oxime groups is 1. The van der Waals surface area contributed by atoms with E-state index in [1.165, 1.54) is 0 Å². The van der Waals surface area contributed by atoms with Crippen LogP contribution in [0.3, 0.4) is 0 Å². The standard InChI is InChI=1S/C30H23BrN2O3/c31-26-18-10-17-25-21(20-32-28(25)26)19-27(29(34)35)33-36-30(22-11-4-1-5-12-22,23-13-6-2-7-14-23)24-15-8-3-9-16-24/h1-18,20,32H,19H2,(H,34,35)/b33-27+. The van der Waals surface area contributed by atoms with Crippen LogP contribution in [-0.2, 0) is 21.7 Å². The van der Waals surface area contributed by atoms with Crippen LogP contribution < -0.4 is 0 Å². The number of aliphatic carboxylic acids is 1. The van der Waals surface area contributed by atoms with E-state index in [0.717, 1.165) is 37.6 Å². The van der Waals surface area contributed by atoms with Gasteiger partial charge in [0.1, 0.15) is 0 Å². The number of rotatable bonds is 8. The van der Waals surface area contributed by atoms with Crippen LogP contribution in [0.25, 0.3) is 10.9 Å². The van der Waals surface area contributed by atoms with E-state index in [1.807, 2.05) is 115 Å². The first kappa shape index (κ1) is 23.6.